The van der Waals surface area contributed by atoms with Gasteiger partial charge < -0.3 is 9.84 Å². The number of aliphatic hydroxyl groups excluding tert-OH is 1. The molecular weight excluding hydrogens is 274 g/mol. The first kappa shape index (κ1) is 18.2. The molecule has 1 aliphatic heterocycles. The summed E-state index contributed by atoms with van der Waals surface area (Å²) in [5, 5.41) is 10.4. The van der Waals surface area contributed by atoms with Crippen molar-refractivity contribution in [2.75, 3.05) is 13.2 Å². The Morgan fingerprint density at radius 1 is 1.14 bits per heavy atom. The van der Waals surface area contributed by atoms with Crippen LogP contribution in [-0.4, -0.2) is 47.4 Å². The van der Waals surface area contributed by atoms with Crippen molar-refractivity contribution in [3.63, 3.8) is 0 Å². The summed E-state index contributed by atoms with van der Waals surface area (Å²) in [7, 11) is 0. The number of hydrogen-bond acceptors (Lipinski definition) is 3. The zero-order valence-electron chi connectivity index (χ0n) is 15.3. The Labute approximate surface area is 137 Å². The molecule has 0 radical (unpaired) electrons. The normalized spacial score (nSPS) is 37.9. The average molecular weight is 312 g/mol. The van der Waals surface area contributed by atoms with Crippen LogP contribution in [0.4, 0.5) is 0 Å². The minimum atomic E-state index is -0.358. The van der Waals surface area contributed by atoms with Crippen molar-refractivity contribution >= 4 is 0 Å². The third-order valence-corrected chi connectivity index (χ3v) is 5.67. The van der Waals surface area contributed by atoms with E-state index in [1.807, 2.05) is 0 Å². The van der Waals surface area contributed by atoms with Crippen molar-refractivity contribution in [1.29, 1.82) is 0 Å². The lowest BCUT2D eigenvalue weighted by molar-refractivity contribution is -0.0680. The van der Waals surface area contributed by atoms with Crippen molar-refractivity contribution in [2.45, 2.75) is 97.4 Å². The Morgan fingerprint density at radius 3 is 2.36 bits per heavy atom. The second kappa shape index (κ2) is 7.63. The number of likely N-dealkylation sites (tertiary alicyclic amines) is 1. The minimum Gasteiger partial charge on any atom is -0.389 e. The van der Waals surface area contributed by atoms with Gasteiger partial charge >= 0.3 is 0 Å². The third-order valence-electron chi connectivity index (χ3n) is 5.67. The van der Waals surface area contributed by atoms with Gasteiger partial charge in [-0.2, -0.15) is 0 Å². The van der Waals surface area contributed by atoms with Gasteiger partial charge in [0, 0.05) is 18.6 Å². The van der Waals surface area contributed by atoms with Crippen LogP contribution in [0.2, 0.25) is 0 Å². The van der Waals surface area contributed by atoms with Crippen molar-refractivity contribution < 1.29 is 9.84 Å². The van der Waals surface area contributed by atoms with E-state index in [1.165, 1.54) is 25.7 Å². The molecule has 130 valence electrons. The molecule has 2 aliphatic rings. The topological polar surface area (TPSA) is 32.7 Å². The first-order valence-corrected chi connectivity index (χ1v) is 9.32. The summed E-state index contributed by atoms with van der Waals surface area (Å²) in [6.45, 7) is 12.8. The Hall–Kier alpha value is -0.120. The predicted octanol–water partition coefficient (Wildman–Crippen LogP) is 3.84. The Balaban J connectivity index is 1.76. The van der Waals surface area contributed by atoms with E-state index in [9.17, 15) is 5.11 Å². The van der Waals surface area contributed by atoms with E-state index in [0.717, 1.165) is 25.3 Å². The minimum absolute atomic E-state index is 0.324. The maximum Gasteiger partial charge on any atom is 0.0900 e. The molecule has 0 amide bonds. The fourth-order valence-corrected chi connectivity index (χ4v) is 4.76. The van der Waals surface area contributed by atoms with Gasteiger partial charge in [0.2, 0.25) is 0 Å². The van der Waals surface area contributed by atoms with Crippen molar-refractivity contribution in [3.05, 3.63) is 0 Å². The summed E-state index contributed by atoms with van der Waals surface area (Å²) in [6.07, 6.45) is 7.36. The van der Waals surface area contributed by atoms with E-state index in [4.69, 9.17) is 4.74 Å². The van der Waals surface area contributed by atoms with Crippen LogP contribution in [0.25, 0.3) is 0 Å². The molecule has 0 aromatic carbocycles. The molecule has 0 unspecified atom stereocenters. The van der Waals surface area contributed by atoms with Crippen molar-refractivity contribution in [2.24, 2.45) is 11.3 Å². The molecule has 0 bridgehead atoms. The van der Waals surface area contributed by atoms with Crippen LogP contribution < -0.4 is 0 Å². The van der Waals surface area contributed by atoms with E-state index < -0.39 is 0 Å². The molecule has 1 saturated heterocycles. The molecular formula is C19H37NO2. The lowest BCUT2D eigenvalue weighted by Gasteiger charge is -2.41. The van der Waals surface area contributed by atoms with E-state index in [0.29, 0.717) is 30.2 Å². The van der Waals surface area contributed by atoms with Crippen LogP contribution in [0.1, 0.15) is 73.1 Å². The summed E-state index contributed by atoms with van der Waals surface area (Å²) in [5.41, 5.74) is 0.378. The highest BCUT2D eigenvalue weighted by Gasteiger charge is 2.33. The summed E-state index contributed by atoms with van der Waals surface area (Å²) < 4.78 is 6.09. The molecule has 3 heteroatoms. The highest BCUT2D eigenvalue weighted by atomic mass is 16.5. The van der Waals surface area contributed by atoms with Gasteiger partial charge in [-0.1, -0.05) is 27.2 Å². The molecule has 0 aromatic rings. The van der Waals surface area contributed by atoms with E-state index in [-0.39, 0.29) is 6.10 Å². The van der Waals surface area contributed by atoms with E-state index in [2.05, 4.69) is 39.5 Å². The summed E-state index contributed by atoms with van der Waals surface area (Å²) in [4.78, 5) is 2.46. The van der Waals surface area contributed by atoms with Gasteiger partial charge in [0.1, 0.15) is 0 Å². The molecule has 1 saturated carbocycles. The number of piperidine rings is 1. The zero-order valence-corrected chi connectivity index (χ0v) is 15.3. The molecule has 5 atom stereocenters. The van der Waals surface area contributed by atoms with Crippen LogP contribution in [0.5, 0.6) is 0 Å². The van der Waals surface area contributed by atoms with Crippen LogP contribution >= 0.6 is 0 Å². The molecule has 22 heavy (non-hydrogen) atoms. The summed E-state index contributed by atoms with van der Waals surface area (Å²) in [5.74, 6) is 0.730. The predicted molar refractivity (Wildman–Crippen MR) is 92.0 cm³/mol. The first-order chi connectivity index (χ1) is 10.3. The molecule has 0 aromatic heterocycles. The van der Waals surface area contributed by atoms with E-state index in [1.54, 1.807) is 0 Å². The highest BCUT2D eigenvalue weighted by Crippen LogP contribution is 2.39. The fraction of sp³-hybridized carbons (Fsp3) is 1.00. The second-order valence-corrected chi connectivity index (χ2v) is 8.85. The SMILES string of the molecule is C[C@H]1C[C@@H](OC[C@@H](O)CN2[C@H](C)CCC[C@H]2C)CC(C)(C)C1. The Kier molecular flexibility index (Phi) is 6.32. The maximum atomic E-state index is 10.4. The van der Waals surface area contributed by atoms with E-state index >= 15 is 0 Å². The maximum absolute atomic E-state index is 10.4. The van der Waals surface area contributed by atoms with Crippen LogP contribution in [0, 0.1) is 11.3 Å². The number of nitrogens with zero attached hydrogens (tertiary/aromatic N) is 1. The molecule has 3 nitrogen and oxygen atoms in total. The van der Waals surface area contributed by atoms with Gasteiger partial charge in [0.05, 0.1) is 18.8 Å². The van der Waals surface area contributed by atoms with Gasteiger partial charge in [-0.15, -0.1) is 0 Å². The lowest BCUT2D eigenvalue weighted by Crippen LogP contribution is -2.48. The fourth-order valence-electron chi connectivity index (χ4n) is 4.76. The number of rotatable bonds is 5. The quantitative estimate of drug-likeness (QED) is 0.837. The van der Waals surface area contributed by atoms with Crippen LogP contribution in [-0.2, 0) is 4.74 Å². The van der Waals surface area contributed by atoms with Gasteiger partial charge in [-0.05, 0) is 57.3 Å². The van der Waals surface area contributed by atoms with Gasteiger partial charge in [0.25, 0.3) is 0 Å². The molecule has 1 aliphatic carbocycles. The van der Waals surface area contributed by atoms with Crippen molar-refractivity contribution in [3.8, 4) is 0 Å². The highest BCUT2D eigenvalue weighted by molar-refractivity contribution is 4.84. The third kappa shape index (κ3) is 5.21. The molecule has 1 heterocycles. The molecule has 0 spiro atoms. The molecule has 2 rings (SSSR count). The largest absolute Gasteiger partial charge is 0.389 e. The Bertz CT molecular complexity index is 334. The monoisotopic (exact) mass is 311 g/mol. The number of hydrogen-bond donors (Lipinski definition) is 1. The summed E-state index contributed by atoms with van der Waals surface area (Å²) >= 11 is 0. The molecule has 1 N–H and O–H groups in total. The van der Waals surface area contributed by atoms with Crippen LogP contribution in [0.15, 0.2) is 0 Å². The number of ether oxygens (including phenoxy) is 1. The van der Waals surface area contributed by atoms with Gasteiger partial charge in [-0.25, -0.2) is 0 Å². The number of β-amino-alcohol motifs (C(OH)–C–C–N with tert-alkyl or cyclic N) is 1. The van der Waals surface area contributed by atoms with Crippen molar-refractivity contribution in [1.82, 2.24) is 4.90 Å². The smallest absolute Gasteiger partial charge is 0.0900 e. The molecule has 2 fully saturated rings. The van der Waals surface area contributed by atoms with Gasteiger partial charge in [0.15, 0.2) is 0 Å². The van der Waals surface area contributed by atoms with Gasteiger partial charge in [-0.3, -0.25) is 4.90 Å². The van der Waals surface area contributed by atoms with Crippen LogP contribution in [0.3, 0.4) is 0 Å². The standard InChI is InChI=1S/C19H37NO2/c1-14-9-18(11-19(4,5)10-14)22-13-17(21)12-20-15(2)7-6-8-16(20)3/h14-18,21H,6-13H2,1-5H3/t14-,15+,16+,17-,18+/m0/s1. The zero-order chi connectivity index (χ0) is 16.3. The second-order valence-electron chi connectivity index (χ2n) is 8.85. The Morgan fingerprint density at radius 2 is 1.77 bits per heavy atom. The summed E-state index contributed by atoms with van der Waals surface area (Å²) in [6, 6.07) is 1.18. The first-order valence-electron chi connectivity index (χ1n) is 9.32. The number of aliphatic hydroxyl groups is 1. The average Bonchev–Trinajstić information content (AvgIpc) is 2.38. The lowest BCUT2D eigenvalue weighted by atomic mass is 9.71.